The number of para-hydroxylation sites is 1. The quantitative estimate of drug-likeness (QED) is 0.778. The SMILES string of the molecule is COc1cccc2cc(CNCc3ncccc3C)oc12. The van der Waals surface area contributed by atoms with E-state index < -0.39 is 0 Å². The topological polar surface area (TPSA) is 47.3 Å². The summed E-state index contributed by atoms with van der Waals surface area (Å²) in [7, 11) is 1.65. The van der Waals surface area contributed by atoms with E-state index in [-0.39, 0.29) is 0 Å². The molecule has 0 aliphatic heterocycles. The summed E-state index contributed by atoms with van der Waals surface area (Å²) >= 11 is 0. The van der Waals surface area contributed by atoms with Crippen LogP contribution in [-0.4, -0.2) is 12.1 Å². The van der Waals surface area contributed by atoms with Gasteiger partial charge in [0.2, 0.25) is 0 Å². The van der Waals surface area contributed by atoms with Crippen LogP contribution in [0.2, 0.25) is 0 Å². The molecule has 0 spiro atoms. The Bertz CT molecular complexity index is 749. The Hall–Kier alpha value is -2.33. The number of aryl methyl sites for hydroxylation is 1. The molecule has 108 valence electrons. The van der Waals surface area contributed by atoms with Crippen LogP contribution >= 0.6 is 0 Å². The predicted octanol–water partition coefficient (Wildman–Crippen LogP) is 3.43. The maximum atomic E-state index is 5.85. The van der Waals surface area contributed by atoms with Crippen molar-refractivity contribution in [2.45, 2.75) is 20.0 Å². The van der Waals surface area contributed by atoms with Gasteiger partial charge in [0.05, 0.1) is 19.3 Å². The van der Waals surface area contributed by atoms with Crippen molar-refractivity contribution in [3.8, 4) is 5.75 Å². The molecule has 21 heavy (non-hydrogen) atoms. The lowest BCUT2D eigenvalue weighted by Gasteiger charge is -2.05. The Kier molecular flexibility index (Phi) is 3.88. The fourth-order valence-corrected chi connectivity index (χ4v) is 2.35. The summed E-state index contributed by atoms with van der Waals surface area (Å²) in [5.74, 6) is 1.66. The molecule has 4 nitrogen and oxygen atoms in total. The van der Waals surface area contributed by atoms with Gasteiger partial charge in [0.1, 0.15) is 5.76 Å². The standard InChI is InChI=1S/C17H18N2O2/c1-12-5-4-8-19-15(12)11-18-10-14-9-13-6-3-7-16(20-2)17(13)21-14/h3-9,18H,10-11H2,1-2H3. The van der Waals surface area contributed by atoms with E-state index in [0.29, 0.717) is 6.54 Å². The van der Waals surface area contributed by atoms with Gasteiger partial charge in [-0.2, -0.15) is 0 Å². The fraction of sp³-hybridized carbons (Fsp3) is 0.235. The second kappa shape index (κ2) is 5.97. The van der Waals surface area contributed by atoms with E-state index >= 15 is 0 Å². The lowest BCUT2D eigenvalue weighted by atomic mass is 10.2. The van der Waals surface area contributed by atoms with Gasteiger partial charge in [0.25, 0.3) is 0 Å². The Morgan fingerprint density at radius 1 is 1.19 bits per heavy atom. The lowest BCUT2D eigenvalue weighted by molar-refractivity contribution is 0.406. The van der Waals surface area contributed by atoms with Gasteiger partial charge in [-0.3, -0.25) is 4.98 Å². The first kappa shape index (κ1) is 13.6. The number of fused-ring (bicyclic) bond motifs is 1. The first-order valence-electron chi connectivity index (χ1n) is 6.94. The Labute approximate surface area is 123 Å². The van der Waals surface area contributed by atoms with Crippen molar-refractivity contribution in [2.24, 2.45) is 0 Å². The average Bonchev–Trinajstić information content (AvgIpc) is 2.92. The van der Waals surface area contributed by atoms with E-state index in [9.17, 15) is 0 Å². The lowest BCUT2D eigenvalue weighted by Crippen LogP contribution is -2.14. The number of aromatic nitrogens is 1. The molecule has 0 saturated carbocycles. The second-order valence-corrected chi connectivity index (χ2v) is 4.96. The van der Waals surface area contributed by atoms with Crippen molar-refractivity contribution >= 4 is 11.0 Å². The van der Waals surface area contributed by atoms with E-state index in [4.69, 9.17) is 9.15 Å². The number of benzene rings is 1. The first-order chi connectivity index (χ1) is 10.3. The third-order valence-corrected chi connectivity index (χ3v) is 3.49. The summed E-state index contributed by atoms with van der Waals surface area (Å²) < 4.78 is 11.2. The maximum absolute atomic E-state index is 5.85. The summed E-state index contributed by atoms with van der Waals surface area (Å²) in [5.41, 5.74) is 3.05. The molecule has 2 aromatic heterocycles. The second-order valence-electron chi connectivity index (χ2n) is 4.96. The van der Waals surface area contributed by atoms with Crippen LogP contribution in [0.15, 0.2) is 47.0 Å². The Balaban J connectivity index is 1.70. The summed E-state index contributed by atoms with van der Waals surface area (Å²) in [4.78, 5) is 4.37. The molecule has 0 saturated heterocycles. The number of nitrogens with zero attached hydrogens (tertiary/aromatic N) is 1. The van der Waals surface area contributed by atoms with E-state index in [0.717, 1.165) is 34.7 Å². The van der Waals surface area contributed by atoms with Crippen molar-refractivity contribution in [3.63, 3.8) is 0 Å². The van der Waals surface area contributed by atoms with Gasteiger partial charge in [-0.15, -0.1) is 0 Å². The van der Waals surface area contributed by atoms with Crippen molar-refractivity contribution in [1.82, 2.24) is 10.3 Å². The molecule has 0 bridgehead atoms. The number of rotatable bonds is 5. The van der Waals surface area contributed by atoms with Crippen LogP contribution in [0, 0.1) is 6.92 Å². The van der Waals surface area contributed by atoms with E-state index in [1.807, 2.05) is 36.5 Å². The molecule has 0 radical (unpaired) electrons. The number of hydrogen-bond donors (Lipinski definition) is 1. The zero-order valence-corrected chi connectivity index (χ0v) is 12.2. The molecule has 0 unspecified atom stereocenters. The zero-order chi connectivity index (χ0) is 14.7. The highest BCUT2D eigenvalue weighted by molar-refractivity contribution is 5.83. The van der Waals surface area contributed by atoms with Crippen LogP contribution in [0.25, 0.3) is 11.0 Å². The Morgan fingerprint density at radius 2 is 2.10 bits per heavy atom. The predicted molar refractivity (Wildman–Crippen MR) is 82.3 cm³/mol. The van der Waals surface area contributed by atoms with Crippen LogP contribution in [0.4, 0.5) is 0 Å². The van der Waals surface area contributed by atoms with Gasteiger partial charge in [-0.05, 0) is 30.7 Å². The van der Waals surface area contributed by atoms with Gasteiger partial charge in [-0.1, -0.05) is 18.2 Å². The molecule has 0 aliphatic rings. The zero-order valence-electron chi connectivity index (χ0n) is 12.2. The van der Waals surface area contributed by atoms with E-state index in [1.54, 1.807) is 7.11 Å². The maximum Gasteiger partial charge on any atom is 0.176 e. The number of ether oxygens (including phenoxy) is 1. The van der Waals surface area contributed by atoms with Crippen molar-refractivity contribution in [2.75, 3.05) is 7.11 Å². The highest BCUT2D eigenvalue weighted by Gasteiger charge is 2.08. The number of methoxy groups -OCH3 is 1. The van der Waals surface area contributed by atoms with Crippen molar-refractivity contribution < 1.29 is 9.15 Å². The highest BCUT2D eigenvalue weighted by Crippen LogP contribution is 2.28. The van der Waals surface area contributed by atoms with Crippen molar-refractivity contribution in [1.29, 1.82) is 0 Å². The first-order valence-corrected chi connectivity index (χ1v) is 6.94. The monoisotopic (exact) mass is 282 g/mol. The minimum atomic E-state index is 0.661. The van der Waals surface area contributed by atoms with Crippen LogP contribution in [0.3, 0.4) is 0 Å². The molecule has 4 heteroatoms. The van der Waals surface area contributed by atoms with Gasteiger partial charge >= 0.3 is 0 Å². The molecular weight excluding hydrogens is 264 g/mol. The number of pyridine rings is 1. The summed E-state index contributed by atoms with van der Waals surface area (Å²) in [6.45, 7) is 3.45. The third kappa shape index (κ3) is 2.90. The number of nitrogens with one attached hydrogen (secondary N) is 1. The highest BCUT2D eigenvalue weighted by atomic mass is 16.5. The summed E-state index contributed by atoms with van der Waals surface area (Å²) in [6.07, 6.45) is 1.82. The molecule has 3 aromatic rings. The largest absolute Gasteiger partial charge is 0.493 e. The smallest absolute Gasteiger partial charge is 0.176 e. The summed E-state index contributed by atoms with van der Waals surface area (Å²) in [5, 5.41) is 4.42. The molecule has 0 amide bonds. The van der Waals surface area contributed by atoms with E-state index in [1.165, 1.54) is 5.56 Å². The summed E-state index contributed by atoms with van der Waals surface area (Å²) in [6, 6.07) is 11.9. The van der Waals surface area contributed by atoms with Gasteiger partial charge < -0.3 is 14.5 Å². The van der Waals surface area contributed by atoms with E-state index in [2.05, 4.69) is 23.3 Å². The van der Waals surface area contributed by atoms with Crippen molar-refractivity contribution in [3.05, 3.63) is 59.6 Å². The molecule has 1 N–H and O–H groups in total. The molecule has 0 aliphatic carbocycles. The molecule has 3 rings (SSSR count). The minimum absolute atomic E-state index is 0.661. The molecule has 0 atom stereocenters. The van der Waals surface area contributed by atoms with Crippen LogP contribution in [0.1, 0.15) is 17.0 Å². The molecule has 2 heterocycles. The molecular formula is C17H18N2O2. The Morgan fingerprint density at radius 3 is 2.90 bits per heavy atom. The van der Waals surface area contributed by atoms with Gasteiger partial charge in [0, 0.05) is 18.1 Å². The number of furan rings is 1. The average molecular weight is 282 g/mol. The third-order valence-electron chi connectivity index (χ3n) is 3.49. The van der Waals surface area contributed by atoms with Crippen LogP contribution < -0.4 is 10.1 Å². The fourth-order valence-electron chi connectivity index (χ4n) is 2.35. The van der Waals surface area contributed by atoms with Crippen LogP contribution in [-0.2, 0) is 13.1 Å². The van der Waals surface area contributed by atoms with Gasteiger partial charge in [0.15, 0.2) is 11.3 Å². The number of hydrogen-bond acceptors (Lipinski definition) is 4. The molecule has 1 aromatic carbocycles. The normalized spacial score (nSPS) is 11.0. The van der Waals surface area contributed by atoms with Gasteiger partial charge in [-0.25, -0.2) is 0 Å². The minimum Gasteiger partial charge on any atom is -0.493 e. The molecule has 0 fully saturated rings. The van der Waals surface area contributed by atoms with Crippen LogP contribution in [0.5, 0.6) is 5.75 Å².